The summed E-state index contributed by atoms with van der Waals surface area (Å²) in [5.74, 6) is 1.74. The SMILES string of the molecule is COc1ccc(Cl)cc1CN1CCN(C(=O)c2oc3c(c2C)C(=O)CC(C)(C)C3)CC1. The molecule has 7 heteroatoms. The van der Waals surface area contributed by atoms with Gasteiger partial charge in [-0.2, -0.15) is 0 Å². The first kappa shape index (κ1) is 21.9. The van der Waals surface area contributed by atoms with Gasteiger partial charge in [0.05, 0.1) is 12.7 Å². The Morgan fingerprint density at radius 2 is 1.90 bits per heavy atom. The minimum absolute atomic E-state index is 0.0758. The third-order valence-electron chi connectivity index (χ3n) is 6.27. The first-order valence-corrected chi connectivity index (χ1v) is 11.1. The molecule has 1 aromatic heterocycles. The largest absolute Gasteiger partial charge is 0.496 e. The maximum absolute atomic E-state index is 13.2. The summed E-state index contributed by atoms with van der Waals surface area (Å²) < 4.78 is 11.4. The van der Waals surface area contributed by atoms with Gasteiger partial charge in [0.2, 0.25) is 0 Å². The van der Waals surface area contributed by atoms with E-state index in [4.69, 9.17) is 20.8 Å². The average molecular weight is 445 g/mol. The van der Waals surface area contributed by atoms with Crippen LogP contribution >= 0.6 is 11.6 Å². The van der Waals surface area contributed by atoms with E-state index >= 15 is 0 Å². The van der Waals surface area contributed by atoms with Gasteiger partial charge in [0.15, 0.2) is 11.5 Å². The second-order valence-electron chi connectivity index (χ2n) is 9.32. The Hall–Kier alpha value is -2.31. The molecule has 166 valence electrons. The van der Waals surface area contributed by atoms with Crippen LogP contribution in [0.3, 0.4) is 0 Å². The van der Waals surface area contributed by atoms with E-state index in [2.05, 4.69) is 18.7 Å². The number of carbonyl (C=O) groups excluding carboxylic acids is 2. The van der Waals surface area contributed by atoms with Gasteiger partial charge in [0, 0.05) is 61.7 Å². The molecule has 2 aliphatic rings. The molecule has 0 bridgehead atoms. The van der Waals surface area contributed by atoms with Crippen molar-refractivity contribution in [2.45, 2.75) is 40.2 Å². The zero-order valence-electron chi connectivity index (χ0n) is 18.6. The van der Waals surface area contributed by atoms with Crippen molar-refractivity contribution in [1.82, 2.24) is 9.80 Å². The highest BCUT2D eigenvalue weighted by molar-refractivity contribution is 6.30. The Bertz CT molecular complexity index is 1020. The molecule has 0 unspecified atom stereocenters. The maximum atomic E-state index is 13.2. The molecule has 0 N–H and O–H groups in total. The lowest BCUT2D eigenvalue weighted by Crippen LogP contribution is -2.48. The number of Topliss-reactive ketones (excluding diaryl/α,β-unsaturated/α-hetero) is 1. The summed E-state index contributed by atoms with van der Waals surface area (Å²) in [6.07, 6.45) is 1.16. The van der Waals surface area contributed by atoms with Gasteiger partial charge in [-0.3, -0.25) is 14.5 Å². The van der Waals surface area contributed by atoms with Gasteiger partial charge in [-0.15, -0.1) is 0 Å². The molecule has 1 aliphatic carbocycles. The van der Waals surface area contributed by atoms with Crippen LogP contribution in [0.5, 0.6) is 5.75 Å². The van der Waals surface area contributed by atoms with Crippen molar-refractivity contribution < 1.29 is 18.7 Å². The van der Waals surface area contributed by atoms with Crippen LogP contribution in [-0.4, -0.2) is 54.8 Å². The van der Waals surface area contributed by atoms with E-state index in [0.29, 0.717) is 60.1 Å². The Kier molecular flexibility index (Phi) is 5.88. The monoisotopic (exact) mass is 444 g/mol. The number of methoxy groups -OCH3 is 1. The second kappa shape index (κ2) is 8.32. The number of halogens is 1. The number of ketones is 1. The lowest BCUT2D eigenvalue weighted by atomic mass is 9.76. The van der Waals surface area contributed by atoms with Crippen molar-refractivity contribution in [3.8, 4) is 5.75 Å². The van der Waals surface area contributed by atoms with Crippen LogP contribution in [0.15, 0.2) is 22.6 Å². The molecule has 1 aromatic carbocycles. The molecule has 1 aliphatic heterocycles. The first-order valence-electron chi connectivity index (χ1n) is 10.7. The van der Waals surface area contributed by atoms with E-state index in [1.54, 1.807) is 7.11 Å². The number of ether oxygens (including phenoxy) is 1. The van der Waals surface area contributed by atoms with Gasteiger partial charge in [-0.25, -0.2) is 0 Å². The van der Waals surface area contributed by atoms with Crippen LogP contribution in [0.1, 0.15) is 58.1 Å². The van der Waals surface area contributed by atoms with Crippen molar-refractivity contribution in [2.24, 2.45) is 5.41 Å². The zero-order valence-corrected chi connectivity index (χ0v) is 19.3. The van der Waals surface area contributed by atoms with Crippen molar-refractivity contribution in [3.63, 3.8) is 0 Å². The highest BCUT2D eigenvalue weighted by atomic mass is 35.5. The standard InChI is InChI=1S/C24H29ClN2O4/c1-15-21-18(28)12-24(2,3)13-20(21)31-22(15)23(29)27-9-7-26(8-10-27)14-16-11-17(25)5-6-19(16)30-4/h5-6,11H,7-10,12-14H2,1-4H3. The second-order valence-corrected chi connectivity index (χ2v) is 9.76. The van der Waals surface area contributed by atoms with Crippen LogP contribution in [0.4, 0.5) is 0 Å². The molecule has 0 atom stereocenters. The Morgan fingerprint density at radius 3 is 2.58 bits per heavy atom. The van der Waals surface area contributed by atoms with E-state index in [9.17, 15) is 9.59 Å². The number of amides is 1. The summed E-state index contributed by atoms with van der Waals surface area (Å²) in [7, 11) is 1.65. The molecule has 1 fully saturated rings. The van der Waals surface area contributed by atoms with Crippen molar-refractivity contribution in [2.75, 3.05) is 33.3 Å². The van der Waals surface area contributed by atoms with Crippen LogP contribution in [0.2, 0.25) is 5.02 Å². The molecule has 2 aromatic rings. The lowest BCUT2D eigenvalue weighted by molar-refractivity contribution is 0.0592. The summed E-state index contributed by atoms with van der Waals surface area (Å²) in [5, 5.41) is 0.680. The highest BCUT2D eigenvalue weighted by Crippen LogP contribution is 2.38. The van der Waals surface area contributed by atoms with Crippen molar-refractivity contribution in [1.29, 1.82) is 0 Å². The van der Waals surface area contributed by atoms with E-state index in [1.807, 2.05) is 30.0 Å². The van der Waals surface area contributed by atoms with Crippen molar-refractivity contribution in [3.05, 3.63) is 51.4 Å². The van der Waals surface area contributed by atoms with Gasteiger partial charge in [0.1, 0.15) is 11.5 Å². The molecular weight excluding hydrogens is 416 g/mol. The summed E-state index contributed by atoms with van der Waals surface area (Å²) >= 11 is 6.15. The molecule has 31 heavy (non-hydrogen) atoms. The molecule has 6 nitrogen and oxygen atoms in total. The fourth-order valence-corrected chi connectivity index (χ4v) is 4.85. The van der Waals surface area contributed by atoms with Crippen LogP contribution in [-0.2, 0) is 13.0 Å². The van der Waals surface area contributed by atoms with E-state index in [-0.39, 0.29) is 17.1 Å². The molecular formula is C24H29ClN2O4. The van der Waals surface area contributed by atoms with Gasteiger partial charge in [-0.05, 0) is 30.5 Å². The predicted molar refractivity (Wildman–Crippen MR) is 119 cm³/mol. The summed E-state index contributed by atoms with van der Waals surface area (Å²) in [6.45, 7) is 9.34. The minimum Gasteiger partial charge on any atom is -0.496 e. The maximum Gasteiger partial charge on any atom is 0.289 e. The number of nitrogens with zero attached hydrogens (tertiary/aromatic N) is 2. The fourth-order valence-electron chi connectivity index (χ4n) is 4.65. The Labute approximate surface area is 188 Å². The summed E-state index contributed by atoms with van der Waals surface area (Å²) in [6, 6.07) is 5.62. The van der Waals surface area contributed by atoms with Crippen LogP contribution in [0.25, 0.3) is 0 Å². The summed E-state index contributed by atoms with van der Waals surface area (Å²) in [4.78, 5) is 29.9. The topological polar surface area (TPSA) is 63.0 Å². The predicted octanol–water partition coefficient (Wildman–Crippen LogP) is 4.36. The van der Waals surface area contributed by atoms with E-state index < -0.39 is 0 Å². The highest BCUT2D eigenvalue weighted by Gasteiger charge is 2.38. The third kappa shape index (κ3) is 4.37. The normalized spacial score (nSPS) is 18.7. The number of hydrogen-bond donors (Lipinski definition) is 0. The Balaban J connectivity index is 1.44. The van der Waals surface area contributed by atoms with Gasteiger partial charge < -0.3 is 14.1 Å². The van der Waals surface area contributed by atoms with Crippen LogP contribution in [0, 0.1) is 12.3 Å². The summed E-state index contributed by atoms with van der Waals surface area (Å²) in [5.41, 5.74) is 2.20. The molecule has 4 rings (SSSR count). The number of carbonyl (C=O) groups is 2. The zero-order chi connectivity index (χ0) is 22.3. The number of rotatable bonds is 4. The quantitative estimate of drug-likeness (QED) is 0.701. The average Bonchev–Trinajstić information content (AvgIpc) is 3.03. The van der Waals surface area contributed by atoms with E-state index in [0.717, 1.165) is 24.4 Å². The fraction of sp³-hybridized carbons (Fsp3) is 0.500. The van der Waals surface area contributed by atoms with Crippen molar-refractivity contribution >= 4 is 23.3 Å². The first-order chi connectivity index (χ1) is 14.7. The smallest absolute Gasteiger partial charge is 0.289 e. The van der Waals surface area contributed by atoms with Gasteiger partial charge in [-0.1, -0.05) is 25.4 Å². The number of piperazine rings is 1. The molecule has 0 saturated carbocycles. The van der Waals surface area contributed by atoms with Crippen LogP contribution < -0.4 is 4.74 Å². The Morgan fingerprint density at radius 1 is 1.19 bits per heavy atom. The molecule has 1 amide bonds. The number of furan rings is 1. The molecule has 1 saturated heterocycles. The third-order valence-corrected chi connectivity index (χ3v) is 6.50. The molecule has 0 radical (unpaired) electrons. The van der Waals surface area contributed by atoms with E-state index in [1.165, 1.54) is 0 Å². The molecule has 0 spiro atoms. The number of fused-ring (bicyclic) bond motifs is 1. The number of benzene rings is 1. The minimum atomic E-state index is -0.137. The van der Waals surface area contributed by atoms with Gasteiger partial charge in [0.25, 0.3) is 5.91 Å². The molecule has 2 heterocycles. The lowest BCUT2D eigenvalue weighted by Gasteiger charge is -2.34. The van der Waals surface area contributed by atoms with Gasteiger partial charge >= 0.3 is 0 Å². The number of hydrogen-bond acceptors (Lipinski definition) is 5.